The highest BCUT2D eigenvalue weighted by Crippen LogP contribution is 2.35. The van der Waals surface area contributed by atoms with Crippen LogP contribution >= 0.6 is 0 Å². The second kappa shape index (κ2) is 9.67. The van der Waals surface area contributed by atoms with Crippen LogP contribution in [0, 0.1) is 0 Å². The van der Waals surface area contributed by atoms with Gasteiger partial charge < -0.3 is 15.0 Å². The molecule has 0 bridgehead atoms. The number of aryl methyl sites for hydroxylation is 1. The highest BCUT2D eigenvalue weighted by Gasteiger charge is 2.34. The lowest BCUT2D eigenvalue weighted by Gasteiger charge is -2.31. The maximum Gasteiger partial charge on any atom is 0.271 e. The number of hydrogen-bond acceptors (Lipinski definition) is 5. The molecule has 1 N–H and O–H groups in total. The lowest BCUT2D eigenvalue weighted by atomic mass is 9.96. The Morgan fingerprint density at radius 2 is 1.86 bits per heavy atom. The van der Waals surface area contributed by atoms with Crippen LogP contribution in [-0.2, 0) is 27.9 Å². The van der Waals surface area contributed by atoms with Gasteiger partial charge in [0.2, 0.25) is 0 Å². The number of rotatable bonds is 6. The summed E-state index contributed by atoms with van der Waals surface area (Å²) in [6.07, 6.45) is 3.40. The van der Waals surface area contributed by atoms with Crippen LogP contribution in [-0.4, -0.2) is 63.6 Å². The van der Waals surface area contributed by atoms with E-state index in [1.54, 1.807) is 22.7 Å². The van der Waals surface area contributed by atoms with Crippen molar-refractivity contribution >= 4 is 28.6 Å². The molecule has 1 aromatic heterocycles. The Balaban J connectivity index is 1.31. The van der Waals surface area contributed by atoms with Crippen molar-refractivity contribution in [2.24, 2.45) is 7.05 Å². The fourth-order valence-corrected chi connectivity index (χ4v) is 4.97. The summed E-state index contributed by atoms with van der Waals surface area (Å²) in [5.41, 5.74) is 3.99. The molecule has 5 rings (SSSR count). The number of nitrogens with zero attached hydrogens (tertiary/aromatic N) is 4. The summed E-state index contributed by atoms with van der Waals surface area (Å²) in [6.45, 7) is 9.00. The largest absolute Gasteiger partial charge is 0.381 e. The molecule has 3 amide bonds. The van der Waals surface area contributed by atoms with Crippen LogP contribution in [0.25, 0.3) is 22.0 Å². The number of aromatic nitrogens is 2. The third-order valence-corrected chi connectivity index (χ3v) is 7.07. The normalized spacial score (nSPS) is 15.5. The van der Waals surface area contributed by atoms with Gasteiger partial charge in [-0.15, -0.1) is 0 Å². The molecule has 0 unspecified atom stereocenters. The van der Waals surface area contributed by atoms with Crippen molar-refractivity contribution in [1.29, 1.82) is 0 Å². The predicted octanol–water partition coefficient (Wildman–Crippen LogP) is 2.98. The van der Waals surface area contributed by atoms with Gasteiger partial charge in [-0.1, -0.05) is 31.4 Å². The lowest BCUT2D eigenvalue weighted by molar-refractivity contribution is -0.131. The molecule has 0 spiro atoms. The van der Waals surface area contributed by atoms with Gasteiger partial charge in [-0.3, -0.25) is 24.0 Å². The Hall–Kier alpha value is -4.24. The van der Waals surface area contributed by atoms with Gasteiger partial charge in [-0.25, -0.2) is 0 Å². The van der Waals surface area contributed by atoms with Crippen LogP contribution in [0.4, 0.5) is 0 Å². The van der Waals surface area contributed by atoms with Crippen LogP contribution in [0.3, 0.4) is 0 Å². The van der Waals surface area contributed by atoms with Crippen molar-refractivity contribution in [2.45, 2.75) is 25.4 Å². The molecule has 3 heterocycles. The Morgan fingerprint density at radius 1 is 1.14 bits per heavy atom. The summed E-state index contributed by atoms with van der Waals surface area (Å²) in [6, 6.07) is 11.5. The molecule has 1 saturated heterocycles. The number of nitrogens with one attached hydrogen (secondary N) is 1. The fraction of sp³-hybridized carbons (Fsp3) is 0.286. The Morgan fingerprint density at radius 3 is 2.62 bits per heavy atom. The summed E-state index contributed by atoms with van der Waals surface area (Å²) in [4.78, 5) is 42.0. The molecule has 0 saturated carbocycles. The van der Waals surface area contributed by atoms with Gasteiger partial charge in [0, 0.05) is 50.5 Å². The van der Waals surface area contributed by atoms with Crippen LogP contribution in [0.1, 0.15) is 28.8 Å². The molecule has 2 aromatic carbocycles. The first kappa shape index (κ1) is 24.5. The van der Waals surface area contributed by atoms with Crippen molar-refractivity contribution in [1.82, 2.24) is 24.9 Å². The van der Waals surface area contributed by atoms with Crippen LogP contribution in [0.15, 0.2) is 67.1 Å². The second-order valence-electron chi connectivity index (χ2n) is 9.44. The number of amides is 3. The number of hydrogen-bond donors (Lipinski definition) is 1. The van der Waals surface area contributed by atoms with Gasteiger partial charge in [0.05, 0.1) is 17.8 Å². The van der Waals surface area contributed by atoms with Gasteiger partial charge in [0.25, 0.3) is 17.7 Å². The van der Waals surface area contributed by atoms with Crippen molar-refractivity contribution in [3.8, 4) is 11.1 Å². The average Bonchev–Trinajstić information content (AvgIpc) is 3.45. The van der Waals surface area contributed by atoms with Crippen molar-refractivity contribution in [2.75, 3.05) is 20.3 Å². The fourth-order valence-electron chi connectivity index (χ4n) is 4.97. The molecule has 3 aromatic rings. The minimum Gasteiger partial charge on any atom is -0.381 e. The molecule has 0 radical (unpaired) electrons. The quantitative estimate of drug-likeness (QED) is 0.526. The first-order valence-electron chi connectivity index (χ1n) is 12.2. The number of carbonyl (C=O) groups excluding carboxylic acids is 3. The predicted molar refractivity (Wildman–Crippen MR) is 139 cm³/mol. The van der Waals surface area contributed by atoms with Crippen LogP contribution in [0.5, 0.6) is 0 Å². The summed E-state index contributed by atoms with van der Waals surface area (Å²) in [5.74, 6) is -1.33. The highest BCUT2D eigenvalue weighted by molar-refractivity contribution is 6.08. The van der Waals surface area contributed by atoms with E-state index >= 15 is 0 Å². The number of ether oxygens (including phenoxy) is 1. The first-order chi connectivity index (χ1) is 17.7. The van der Waals surface area contributed by atoms with E-state index in [0.29, 0.717) is 18.8 Å². The van der Waals surface area contributed by atoms with E-state index in [1.807, 2.05) is 43.6 Å². The molecule has 0 atom stereocenters. The topological polar surface area (TPSA) is 96.8 Å². The minimum atomic E-state index is -0.641. The zero-order valence-corrected chi connectivity index (χ0v) is 21.0. The molecule has 2 aliphatic rings. The van der Waals surface area contributed by atoms with E-state index in [2.05, 4.69) is 23.6 Å². The van der Waals surface area contributed by atoms with E-state index in [4.69, 9.17) is 4.74 Å². The maximum absolute atomic E-state index is 13.2. The zero-order chi connectivity index (χ0) is 26.3. The molecule has 190 valence electrons. The standard InChI is InChI=1S/C28H29N5O4/c1-17(27(35)32(4)21-10-12-37-13-11-21)29-26(34)18(2)33-16-24-22(6-5-7-23(24)28(33)36)19-8-9-25-20(14-19)15-31(3)30-25/h5-9,14-15,21H,1-2,10-13,16H2,3-4H3,(H,29,34). The Bertz CT molecular complexity index is 1450. The smallest absolute Gasteiger partial charge is 0.271 e. The Labute approximate surface area is 215 Å². The summed E-state index contributed by atoms with van der Waals surface area (Å²) in [7, 11) is 3.56. The molecule has 1 fully saturated rings. The zero-order valence-electron chi connectivity index (χ0n) is 21.0. The molecule has 37 heavy (non-hydrogen) atoms. The van der Waals surface area contributed by atoms with Gasteiger partial charge in [-0.05, 0) is 47.7 Å². The minimum absolute atomic E-state index is 0.0251. The SMILES string of the molecule is C=C(NC(=O)C(=C)N1Cc2c(cccc2-c2ccc3nn(C)cc3c2)C1=O)C(=O)N(C)C1CCOCC1. The van der Waals surface area contributed by atoms with Crippen LogP contribution in [0.2, 0.25) is 0 Å². The van der Waals surface area contributed by atoms with E-state index < -0.39 is 5.91 Å². The van der Waals surface area contributed by atoms with Crippen molar-refractivity contribution in [3.05, 3.63) is 78.3 Å². The summed E-state index contributed by atoms with van der Waals surface area (Å²) < 4.78 is 7.11. The van der Waals surface area contributed by atoms with Crippen molar-refractivity contribution < 1.29 is 19.1 Å². The average molecular weight is 500 g/mol. The maximum atomic E-state index is 13.2. The third-order valence-electron chi connectivity index (χ3n) is 7.07. The van der Waals surface area contributed by atoms with Crippen molar-refractivity contribution in [3.63, 3.8) is 0 Å². The number of fused-ring (bicyclic) bond motifs is 2. The van der Waals surface area contributed by atoms with E-state index in [-0.39, 0.29) is 35.8 Å². The van der Waals surface area contributed by atoms with Gasteiger partial charge >= 0.3 is 0 Å². The Kier molecular flexibility index (Phi) is 6.39. The molecule has 9 heteroatoms. The number of carbonyl (C=O) groups is 3. The van der Waals surface area contributed by atoms with Crippen LogP contribution < -0.4 is 5.32 Å². The lowest BCUT2D eigenvalue weighted by Crippen LogP contribution is -2.44. The molecule has 9 nitrogen and oxygen atoms in total. The monoisotopic (exact) mass is 499 g/mol. The van der Waals surface area contributed by atoms with Gasteiger partial charge in [-0.2, -0.15) is 5.10 Å². The molecule has 2 aliphatic heterocycles. The first-order valence-corrected chi connectivity index (χ1v) is 12.2. The third kappa shape index (κ3) is 4.53. The number of benzene rings is 2. The van der Waals surface area contributed by atoms with E-state index in [0.717, 1.165) is 40.4 Å². The summed E-state index contributed by atoms with van der Waals surface area (Å²) >= 11 is 0. The molecule has 0 aliphatic carbocycles. The number of likely N-dealkylation sites (N-methyl/N-ethyl adjacent to an activating group) is 1. The summed E-state index contributed by atoms with van der Waals surface area (Å²) in [5, 5.41) is 7.95. The van der Waals surface area contributed by atoms with E-state index in [1.165, 1.54) is 4.90 Å². The molecular weight excluding hydrogens is 470 g/mol. The van der Waals surface area contributed by atoms with E-state index in [9.17, 15) is 14.4 Å². The van der Waals surface area contributed by atoms with Gasteiger partial charge in [0.15, 0.2) is 0 Å². The highest BCUT2D eigenvalue weighted by atomic mass is 16.5. The van der Waals surface area contributed by atoms with Gasteiger partial charge in [0.1, 0.15) is 5.70 Å². The molecular formula is C28H29N5O4. The second-order valence-corrected chi connectivity index (χ2v) is 9.44.